The number of pyridine rings is 1. The number of nitrogens with one attached hydrogen (secondary N) is 2. The standard InChI is InChI=1S/C23H26N4O3/c1-15-11-19(3-4-20(15)25-16(2)28)30-14-23(29)27-9-6-17(7-10-27)22-12-18-13-24-8-5-21(18)26-22/h3-5,8,11-13,17,26H,6-7,9-10,14H2,1-2H3,(H,25,28). The number of aromatic amines is 1. The van der Waals surface area contributed by atoms with Crippen molar-refractivity contribution in [1.82, 2.24) is 14.9 Å². The van der Waals surface area contributed by atoms with E-state index in [1.165, 1.54) is 12.6 Å². The summed E-state index contributed by atoms with van der Waals surface area (Å²) in [5.41, 5.74) is 3.96. The van der Waals surface area contributed by atoms with Crippen LogP contribution in [-0.2, 0) is 9.59 Å². The van der Waals surface area contributed by atoms with Crippen LogP contribution in [-0.4, -0.2) is 46.4 Å². The van der Waals surface area contributed by atoms with Crippen LogP contribution in [0.2, 0.25) is 0 Å². The van der Waals surface area contributed by atoms with Crippen LogP contribution >= 0.6 is 0 Å². The summed E-state index contributed by atoms with van der Waals surface area (Å²) in [5, 5.41) is 3.89. The minimum Gasteiger partial charge on any atom is -0.484 e. The highest BCUT2D eigenvalue weighted by Gasteiger charge is 2.25. The molecular weight excluding hydrogens is 380 g/mol. The van der Waals surface area contributed by atoms with Crippen molar-refractivity contribution in [2.24, 2.45) is 0 Å². The number of likely N-dealkylation sites (tertiary alicyclic amines) is 1. The minimum atomic E-state index is -0.116. The number of aryl methyl sites for hydroxylation is 1. The van der Waals surface area contributed by atoms with Gasteiger partial charge in [-0.3, -0.25) is 14.6 Å². The molecule has 2 N–H and O–H groups in total. The van der Waals surface area contributed by atoms with Crippen molar-refractivity contribution in [3.63, 3.8) is 0 Å². The monoisotopic (exact) mass is 406 g/mol. The van der Waals surface area contributed by atoms with Gasteiger partial charge in [0.05, 0.1) is 0 Å². The SMILES string of the molecule is CC(=O)Nc1ccc(OCC(=O)N2CCC(c3cc4cnccc4[nH]3)CC2)cc1C. The van der Waals surface area contributed by atoms with Gasteiger partial charge in [-0.15, -0.1) is 0 Å². The molecule has 7 nitrogen and oxygen atoms in total. The first kappa shape index (κ1) is 19.9. The summed E-state index contributed by atoms with van der Waals surface area (Å²) in [4.78, 5) is 33.3. The Hall–Kier alpha value is -3.35. The van der Waals surface area contributed by atoms with Gasteiger partial charge in [0.15, 0.2) is 6.61 Å². The van der Waals surface area contributed by atoms with E-state index in [9.17, 15) is 9.59 Å². The number of hydrogen-bond acceptors (Lipinski definition) is 4. The fraction of sp³-hybridized carbons (Fsp3) is 0.348. The van der Waals surface area contributed by atoms with Crippen LogP contribution in [0.4, 0.5) is 5.69 Å². The van der Waals surface area contributed by atoms with E-state index in [1.54, 1.807) is 18.3 Å². The second-order valence-electron chi connectivity index (χ2n) is 7.79. The third-order valence-corrected chi connectivity index (χ3v) is 5.60. The first-order valence-corrected chi connectivity index (χ1v) is 10.2. The number of amides is 2. The fourth-order valence-electron chi connectivity index (χ4n) is 3.95. The zero-order valence-electron chi connectivity index (χ0n) is 17.3. The molecule has 4 rings (SSSR count). The molecule has 0 saturated carbocycles. The predicted molar refractivity (Wildman–Crippen MR) is 116 cm³/mol. The van der Waals surface area contributed by atoms with Crippen molar-refractivity contribution in [1.29, 1.82) is 0 Å². The molecule has 1 aliphatic heterocycles. The van der Waals surface area contributed by atoms with Gasteiger partial charge < -0.3 is 19.9 Å². The summed E-state index contributed by atoms with van der Waals surface area (Å²) < 4.78 is 5.70. The topological polar surface area (TPSA) is 87.3 Å². The Bertz CT molecular complexity index is 1030. The number of ether oxygens (including phenoxy) is 1. The summed E-state index contributed by atoms with van der Waals surface area (Å²) in [5.74, 6) is 0.926. The molecule has 1 aliphatic rings. The molecule has 0 bridgehead atoms. The van der Waals surface area contributed by atoms with Gasteiger partial charge >= 0.3 is 0 Å². The van der Waals surface area contributed by atoms with Gasteiger partial charge in [0.25, 0.3) is 5.91 Å². The number of fused-ring (bicyclic) bond motifs is 1. The van der Waals surface area contributed by atoms with Gasteiger partial charge in [0, 0.05) is 60.6 Å². The molecule has 0 spiro atoms. The number of aromatic nitrogens is 2. The second kappa shape index (κ2) is 8.57. The van der Waals surface area contributed by atoms with E-state index in [2.05, 4.69) is 21.4 Å². The first-order valence-electron chi connectivity index (χ1n) is 10.2. The molecule has 30 heavy (non-hydrogen) atoms. The zero-order chi connectivity index (χ0) is 21.1. The Kier molecular flexibility index (Phi) is 5.70. The van der Waals surface area contributed by atoms with Crippen molar-refractivity contribution in [3.8, 4) is 5.75 Å². The van der Waals surface area contributed by atoms with Gasteiger partial charge in [-0.25, -0.2) is 0 Å². The Morgan fingerprint density at radius 1 is 1.23 bits per heavy atom. The second-order valence-corrected chi connectivity index (χ2v) is 7.79. The predicted octanol–water partition coefficient (Wildman–Crippen LogP) is 3.61. The lowest BCUT2D eigenvalue weighted by Crippen LogP contribution is -2.40. The lowest BCUT2D eigenvalue weighted by atomic mass is 9.93. The summed E-state index contributed by atoms with van der Waals surface area (Å²) in [6, 6.07) is 9.54. The van der Waals surface area contributed by atoms with Gasteiger partial charge in [0.1, 0.15) is 5.75 Å². The maximum atomic E-state index is 12.6. The third kappa shape index (κ3) is 4.45. The number of anilines is 1. The minimum absolute atomic E-state index is 0.00196. The molecule has 1 aromatic carbocycles. The molecule has 2 amide bonds. The normalized spacial score (nSPS) is 14.7. The van der Waals surface area contributed by atoms with Crippen molar-refractivity contribution >= 4 is 28.4 Å². The van der Waals surface area contributed by atoms with E-state index in [0.717, 1.165) is 48.1 Å². The van der Waals surface area contributed by atoms with Crippen LogP contribution in [0.5, 0.6) is 5.75 Å². The molecule has 1 fully saturated rings. The maximum absolute atomic E-state index is 12.6. The van der Waals surface area contributed by atoms with Crippen molar-refractivity contribution < 1.29 is 14.3 Å². The quantitative estimate of drug-likeness (QED) is 0.678. The van der Waals surface area contributed by atoms with Crippen LogP contribution in [0.1, 0.15) is 36.9 Å². The number of piperidine rings is 1. The van der Waals surface area contributed by atoms with Crippen LogP contribution in [0, 0.1) is 6.92 Å². The number of rotatable bonds is 5. The van der Waals surface area contributed by atoms with Gasteiger partial charge in [-0.05, 0) is 55.7 Å². The summed E-state index contributed by atoms with van der Waals surface area (Å²) in [7, 11) is 0. The van der Waals surface area contributed by atoms with Crippen LogP contribution in [0.15, 0.2) is 42.7 Å². The van der Waals surface area contributed by atoms with E-state index < -0.39 is 0 Å². The number of H-pyrrole nitrogens is 1. The molecule has 7 heteroatoms. The molecule has 2 aromatic heterocycles. The van der Waals surface area contributed by atoms with Crippen molar-refractivity contribution in [3.05, 3.63) is 54.0 Å². The van der Waals surface area contributed by atoms with Gasteiger partial charge in [-0.1, -0.05) is 0 Å². The van der Waals surface area contributed by atoms with E-state index >= 15 is 0 Å². The highest BCUT2D eigenvalue weighted by Crippen LogP contribution is 2.30. The Morgan fingerprint density at radius 2 is 2.03 bits per heavy atom. The highest BCUT2D eigenvalue weighted by molar-refractivity contribution is 5.89. The van der Waals surface area contributed by atoms with E-state index in [4.69, 9.17) is 4.74 Å². The first-order chi connectivity index (χ1) is 14.5. The summed E-state index contributed by atoms with van der Waals surface area (Å²) in [6.07, 6.45) is 5.52. The van der Waals surface area contributed by atoms with Crippen molar-refractivity contribution in [2.75, 3.05) is 25.0 Å². The summed E-state index contributed by atoms with van der Waals surface area (Å²) >= 11 is 0. The summed E-state index contributed by atoms with van der Waals surface area (Å²) in [6.45, 7) is 4.83. The smallest absolute Gasteiger partial charge is 0.260 e. The molecule has 0 atom stereocenters. The fourth-order valence-corrected chi connectivity index (χ4v) is 3.95. The number of carbonyl (C=O) groups excluding carboxylic acids is 2. The number of carbonyl (C=O) groups is 2. The lowest BCUT2D eigenvalue weighted by molar-refractivity contribution is -0.134. The number of hydrogen-bond donors (Lipinski definition) is 2. The molecule has 0 aliphatic carbocycles. The molecule has 0 radical (unpaired) electrons. The Morgan fingerprint density at radius 3 is 2.73 bits per heavy atom. The molecule has 3 heterocycles. The maximum Gasteiger partial charge on any atom is 0.260 e. The Balaban J connectivity index is 1.29. The number of nitrogens with zero attached hydrogens (tertiary/aromatic N) is 2. The Labute approximate surface area is 175 Å². The van der Waals surface area contributed by atoms with E-state index in [1.807, 2.05) is 30.2 Å². The van der Waals surface area contributed by atoms with Gasteiger partial charge in [-0.2, -0.15) is 0 Å². The van der Waals surface area contributed by atoms with E-state index in [-0.39, 0.29) is 18.4 Å². The largest absolute Gasteiger partial charge is 0.484 e. The molecule has 1 saturated heterocycles. The highest BCUT2D eigenvalue weighted by atomic mass is 16.5. The van der Waals surface area contributed by atoms with Crippen LogP contribution in [0.3, 0.4) is 0 Å². The average molecular weight is 406 g/mol. The molecule has 156 valence electrons. The van der Waals surface area contributed by atoms with Crippen molar-refractivity contribution in [2.45, 2.75) is 32.6 Å². The molecule has 3 aromatic rings. The van der Waals surface area contributed by atoms with Crippen LogP contribution < -0.4 is 10.1 Å². The van der Waals surface area contributed by atoms with Gasteiger partial charge in [0.2, 0.25) is 5.91 Å². The zero-order valence-corrected chi connectivity index (χ0v) is 17.3. The lowest BCUT2D eigenvalue weighted by Gasteiger charge is -2.31. The number of benzene rings is 1. The van der Waals surface area contributed by atoms with Crippen LogP contribution in [0.25, 0.3) is 10.9 Å². The average Bonchev–Trinajstić information content (AvgIpc) is 3.18. The third-order valence-electron chi connectivity index (χ3n) is 5.60. The molecular formula is C23H26N4O3. The molecule has 0 unspecified atom stereocenters. The van der Waals surface area contributed by atoms with E-state index in [0.29, 0.717) is 11.7 Å².